The first-order valence-electron chi connectivity index (χ1n) is 3.39. The molecular formula is C6H3ClI2N2O3. The van der Waals surface area contributed by atoms with Gasteiger partial charge in [-0.15, -0.1) is 0 Å². The van der Waals surface area contributed by atoms with E-state index in [4.69, 9.17) is 20.8 Å². The molecule has 0 saturated carbocycles. The molecule has 0 saturated heterocycles. The molecule has 0 aromatic carbocycles. The fourth-order valence-electron chi connectivity index (χ4n) is 0.939. The van der Waals surface area contributed by atoms with Crippen molar-refractivity contribution in [2.45, 2.75) is 4.23 Å². The number of halogens is 3. The summed E-state index contributed by atoms with van der Waals surface area (Å²) in [4.78, 5) is 5.38. The Labute approximate surface area is 111 Å². The van der Waals surface area contributed by atoms with Crippen LogP contribution in [0.25, 0.3) is 0 Å². The Bertz CT molecular complexity index is 394. The van der Waals surface area contributed by atoms with Gasteiger partial charge >= 0.3 is 5.95 Å². The lowest BCUT2D eigenvalue weighted by Crippen LogP contribution is -2.22. The normalized spacial score (nSPS) is 21.6. The summed E-state index contributed by atoms with van der Waals surface area (Å²) >= 11 is 9.49. The smallest absolute Gasteiger partial charge is 0.311 e. The summed E-state index contributed by atoms with van der Waals surface area (Å²) in [5.74, 6) is 0.306. The molecule has 1 aromatic rings. The molecule has 0 spiro atoms. The van der Waals surface area contributed by atoms with Crippen LogP contribution < -0.4 is 4.90 Å². The number of aliphatic hydroxyl groups excluding tert-OH is 1. The molecule has 0 aliphatic carbocycles. The lowest BCUT2D eigenvalue weighted by Gasteiger charge is -2.16. The van der Waals surface area contributed by atoms with Gasteiger partial charge in [0, 0.05) is 0 Å². The molecule has 1 atom stereocenters. The van der Waals surface area contributed by atoms with Crippen LogP contribution >= 0.6 is 56.8 Å². The average molecular weight is 440 g/mol. The Morgan fingerprint density at radius 2 is 2.36 bits per heavy atom. The first-order chi connectivity index (χ1) is 6.59. The van der Waals surface area contributed by atoms with E-state index in [9.17, 15) is 5.11 Å². The first kappa shape index (κ1) is 10.6. The number of rotatable bonds is 1. The largest absolute Gasteiger partial charge is 0.479 e. The third-order valence-electron chi connectivity index (χ3n) is 1.50. The van der Waals surface area contributed by atoms with Crippen LogP contribution in [0.5, 0.6) is 0 Å². The third-order valence-corrected chi connectivity index (χ3v) is 3.47. The summed E-state index contributed by atoms with van der Waals surface area (Å²) < 4.78 is 10.3. The fourth-order valence-corrected chi connectivity index (χ4v) is 3.01. The molecule has 1 aliphatic rings. The summed E-state index contributed by atoms with van der Waals surface area (Å²) in [6.45, 7) is 0. The number of ether oxygens (including phenoxy) is 1. The molecular weight excluding hydrogens is 437 g/mol. The monoisotopic (exact) mass is 440 g/mol. The van der Waals surface area contributed by atoms with Gasteiger partial charge in [-0.3, -0.25) is 4.90 Å². The zero-order chi connectivity index (χ0) is 10.3. The molecule has 2 heterocycles. The van der Waals surface area contributed by atoms with E-state index in [1.807, 2.05) is 45.2 Å². The number of hydrogen-bond acceptors (Lipinski definition) is 5. The van der Waals surface area contributed by atoms with E-state index in [0.717, 1.165) is 0 Å². The van der Waals surface area contributed by atoms with Crippen LogP contribution in [0.15, 0.2) is 20.3 Å². The summed E-state index contributed by atoms with van der Waals surface area (Å²) in [7, 11) is 0. The summed E-state index contributed by atoms with van der Waals surface area (Å²) in [5.41, 5.74) is 0. The molecule has 0 amide bonds. The molecule has 0 fully saturated rings. The number of aromatic nitrogens is 1. The maximum atomic E-state index is 9.32. The SMILES string of the molecule is OC1=C(I)N(c2cnc(Cl)o2)C(I)O1. The molecule has 1 aromatic heterocycles. The second-order valence-electron chi connectivity index (χ2n) is 2.33. The molecule has 1 unspecified atom stereocenters. The molecule has 2 rings (SSSR count). The van der Waals surface area contributed by atoms with E-state index < -0.39 is 0 Å². The van der Waals surface area contributed by atoms with Crippen LogP contribution in [0.1, 0.15) is 0 Å². The molecule has 14 heavy (non-hydrogen) atoms. The highest BCUT2D eigenvalue weighted by Crippen LogP contribution is 2.37. The van der Waals surface area contributed by atoms with Gasteiger partial charge in [-0.1, -0.05) is 0 Å². The van der Waals surface area contributed by atoms with Gasteiger partial charge in [-0.2, -0.15) is 0 Å². The number of nitrogens with zero attached hydrogens (tertiary/aromatic N) is 2. The number of hydrogen-bond donors (Lipinski definition) is 1. The quantitative estimate of drug-likeness (QED) is 0.414. The lowest BCUT2D eigenvalue weighted by atomic mass is 10.7. The van der Waals surface area contributed by atoms with Crippen LogP contribution in [0.2, 0.25) is 5.35 Å². The van der Waals surface area contributed by atoms with Crippen molar-refractivity contribution in [2.24, 2.45) is 0 Å². The van der Waals surface area contributed by atoms with Crippen molar-refractivity contribution in [2.75, 3.05) is 4.90 Å². The van der Waals surface area contributed by atoms with Crippen molar-refractivity contribution < 1.29 is 14.3 Å². The van der Waals surface area contributed by atoms with Crippen molar-refractivity contribution in [3.05, 3.63) is 21.2 Å². The van der Waals surface area contributed by atoms with Crippen LogP contribution in [-0.2, 0) is 4.74 Å². The van der Waals surface area contributed by atoms with Crippen molar-refractivity contribution in [1.29, 1.82) is 0 Å². The minimum Gasteiger partial charge on any atom is -0.479 e. The van der Waals surface area contributed by atoms with Gasteiger partial charge in [0.2, 0.25) is 10.1 Å². The molecule has 1 N–H and O–H groups in total. The fraction of sp³-hybridized carbons (Fsp3) is 0.167. The van der Waals surface area contributed by atoms with E-state index in [1.54, 1.807) is 4.90 Å². The summed E-state index contributed by atoms with van der Waals surface area (Å²) in [6, 6.07) is 0. The van der Waals surface area contributed by atoms with E-state index in [-0.39, 0.29) is 15.5 Å². The minimum atomic E-state index is -0.358. The Morgan fingerprint density at radius 3 is 2.79 bits per heavy atom. The molecule has 1 aliphatic heterocycles. The van der Waals surface area contributed by atoms with Crippen LogP contribution in [0, 0.1) is 0 Å². The Kier molecular flexibility index (Phi) is 2.98. The van der Waals surface area contributed by atoms with Gasteiger partial charge in [0.1, 0.15) is 0 Å². The number of alkyl halides is 1. The zero-order valence-electron chi connectivity index (χ0n) is 6.45. The predicted octanol–water partition coefficient (Wildman–Crippen LogP) is 3.00. The van der Waals surface area contributed by atoms with Gasteiger partial charge in [-0.25, -0.2) is 4.98 Å². The van der Waals surface area contributed by atoms with Crippen molar-refractivity contribution in [3.63, 3.8) is 0 Å². The molecule has 76 valence electrons. The van der Waals surface area contributed by atoms with Gasteiger partial charge in [-0.05, 0) is 56.8 Å². The zero-order valence-corrected chi connectivity index (χ0v) is 11.5. The Hall–Kier alpha value is 0.1000. The van der Waals surface area contributed by atoms with E-state index >= 15 is 0 Å². The highest BCUT2D eigenvalue weighted by Gasteiger charge is 2.33. The van der Waals surface area contributed by atoms with Gasteiger partial charge in [0.15, 0.2) is 3.70 Å². The third kappa shape index (κ3) is 1.76. The van der Waals surface area contributed by atoms with Crippen molar-refractivity contribution in [3.8, 4) is 0 Å². The molecule has 8 heteroatoms. The van der Waals surface area contributed by atoms with Gasteiger partial charge < -0.3 is 14.3 Å². The highest BCUT2D eigenvalue weighted by atomic mass is 127. The van der Waals surface area contributed by atoms with Crippen LogP contribution in [0.4, 0.5) is 5.88 Å². The maximum absolute atomic E-state index is 9.32. The topological polar surface area (TPSA) is 58.7 Å². The predicted molar refractivity (Wildman–Crippen MR) is 66.6 cm³/mol. The lowest BCUT2D eigenvalue weighted by molar-refractivity contribution is 0.109. The standard InChI is InChI=1S/C6H3ClI2N2O3/c7-5-10-1-2(13-5)11-3(8)4(12)14-6(11)9/h1,6,12H. The first-order valence-corrected chi connectivity index (χ1v) is 6.10. The van der Waals surface area contributed by atoms with Crippen LogP contribution in [-0.4, -0.2) is 14.3 Å². The van der Waals surface area contributed by atoms with Crippen molar-refractivity contribution >= 4 is 62.7 Å². The van der Waals surface area contributed by atoms with E-state index in [1.165, 1.54) is 6.20 Å². The molecule has 5 nitrogen and oxygen atoms in total. The van der Waals surface area contributed by atoms with Crippen molar-refractivity contribution in [1.82, 2.24) is 4.98 Å². The number of aliphatic hydroxyl groups is 1. The number of anilines is 1. The second kappa shape index (κ2) is 3.93. The van der Waals surface area contributed by atoms with Crippen LogP contribution in [0.3, 0.4) is 0 Å². The van der Waals surface area contributed by atoms with E-state index in [2.05, 4.69) is 4.98 Å². The van der Waals surface area contributed by atoms with Gasteiger partial charge in [0.25, 0.3) is 5.35 Å². The Balaban J connectivity index is 2.35. The Morgan fingerprint density at radius 1 is 1.64 bits per heavy atom. The average Bonchev–Trinajstić information content (AvgIpc) is 2.60. The minimum absolute atomic E-state index is 0.0548. The second-order valence-corrected chi connectivity index (χ2v) is 4.74. The highest BCUT2D eigenvalue weighted by molar-refractivity contribution is 14.1. The summed E-state index contributed by atoms with van der Waals surface area (Å²) in [6.07, 6.45) is 1.47. The van der Waals surface area contributed by atoms with E-state index in [0.29, 0.717) is 9.59 Å². The maximum Gasteiger partial charge on any atom is 0.311 e. The molecule has 0 radical (unpaired) electrons. The number of oxazole rings is 1. The summed E-state index contributed by atoms with van der Waals surface area (Å²) in [5, 5.41) is 9.37. The van der Waals surface area contributed by atoms with Gasteiger partial charge in [0.05, 0.1) is 6.20 Å². The molecule has 0 bridgehead atoms.